The Morgan fingerprint density at radius 3 is 2.92 bits per heavy atom. The Kier molecular flexibility index (Phi) is 5.46. The van der Waals surface area contributed by atoms with Crippen LogP contribution in [0, 0.1) is 5.92 Å². The molecule has 1 atom stereocenters. The number of pyridine rings is 1. The predicted molar refractivity (Wildman–Crippen MR) is 99.0 cm³/mol. The molecule has 0 saturated heterocycles. The number of thioether (sulfide) groups is 1. The molecule has 0 radical (unpaired) electrons. The fraction of sp³-hybridized carbons (Fsp3) is 0.471. The number of carbonyl (C=O) groups is 1. The number of halogens is 1. The zero-order valence-electron chi connectivity index (χ0n) is 13.9. The average Bonchev–Trinajstić information content (AvgIpc) is 3.38. The highest BCUT2D eigenvalue weighted by molar-refractivity contribution is 7.99. The van der Waals surface area contributed by atoms with Crippen molar-refractivity contribution in [2.75, 3.05) is 17.7 Å². The maximum Gasteiger partial charge on any atom is 0.228 e. The van der Waals surface area contributed by atoms with Gasteiger partial charge in [0, 0.05) is 24.4 Å². The molecular formula is C17H21ClN4OS. The molecule has 0 N–H and O–H groups in total. The summed E-state index contributed by atoms with van der Waals surface area (Å²) in [6.45, 7) is 2.53. The van der Waals surface area contributed by atoms with Crippen LogP contribution < -0.4 is 4.90 Å². The van der Waals surface area contributed by atoms with E-state index in [1.165, 1.54) is 12.8 Å². The lowest BCUT2D eigenvalue weighted by atomic mass is 10.2. The van der Waals surface area contributed by atoms with Gasteiger partial charge in [0.25, 0.3) is 0 Å². The van der Waals surface area contributed by atoms with Crippen LogP contribution in [0.4, 0.5) is 5.69 Å². The molecule has 0 aliphatic heterocycles. The summed E-state index contributed by atoms with van der Waals surface area (Å²) in [5, 5.41) is 5.06. The average molecular weight is 365 g/mol. The SMILES string of the molecule is CCN(C(=O)CC(SC)C1CC1)c1cn(-c2cccnc2)nc1Cl. The smallest absolute Gasteiger partial charge is 0.228 e. The Bertz CT molecular complexity index is 702. The summed E-state index contributed by atoms with van der Waals surface area (Å²) in [7, 11) is 0. The molecule has 2 aromatic heterocycles. The van der Waals surface area contributed by atoms with E-state index in [0.29, 0.717) is 35.0 Å². The molecule has 1 aliphatic rings. The number of amides is 1. The zero-order valence-corrected chi connectivity index (χ0v) is 15.4. The zero-order chi connectivity index (χ0) is 17.1. The fourth-order valence-corrected chi connectivity index (χ4v) is 4.02. The summed E-state index contributed by atoms with van der Waals surface area (Å²) in [5.41, 5.74) is 1.47. The van der Waals surface area contributed by atoms with Gasteiger partial charge in [-0.05, 0) is 44.1 Å². The van der Waals surface area contributed by atoms with E-state index in [-0.39, 0.29) is 5.91 Å². The normalized spacial score (nSPS) is 15.3. The number of aromatic nitrogens is 3. The highest BCUT2D eigenvalue weighted by atomic mass is 35.5. The van der Waals surface area contributed by atoms with Crippen molar-refractivity contribution in [3.05, 3.63) is 35.9 Å². The summed E-state index contributed by atoms with van der Waals surface area (Å²) in [5.74, 6) is 0.799. The van der Waals surface area contributed by atoms with Crippen molar-refractivity contribution in [1.29, 1.82) is 0 Å². The number of anilines is 1. The monoisotopic (exact) mass is 364 g/mol. The summed E-state index contributed by atoms with van der Waals surface area (Å²) >= 11 is 8.09. The van der Waals surface area contributed by atoms with Crippen LogP contribution in [0.5, 0.6) is 0 Å². The van der Waals surface area contributed by atoms with Crippen molar-refractivity contribution in [1.82, 2.24) is 14.8 Å². The third-order valence-electron chi connectivity index (χ3n) is 4.30. The predicted octanol–water partition coefficient (Wildman–Crippen LogP) is 3.81. The Morgan fingerprint density at radius 1 is 1.54 bits per heavy atom. The van der Waals surface area contributed by atoms with Crippen molar-refractivity contribution < 1.29 is 4.79 Å². The first-order valence-electron chi connectivity index (χ1n) is 8.12. The number of nitrogens with zero attached hydrogens (tertiary/aromatic N) is 4. The van der Waals surface area contributed by atoms with Gasteiger partial charge in [-0.2, -0.15) is 16.9 Å². The lowest BCUT2D eigenvalue weighted by Crippen LogP contribution is -2.33. The van der Waals surface area contributed by atoms with Gasteiger partial charge in [-0.15, -0.1) is 0 Å². The second kappa shape index (κ2) is 7.57. The molecule has 1 saturated carbocycles. The van der Waals surface area contributed by atoms with Gasteiger partial charge in [0.15, 0.2) is 5.15 Å². The number of hydrogen-bond acceptors (Lipinski definition) is 4. The van der Waals surface area contributed by atoms with Gasteiger partial charge in [-0.1, -0.05) is 11.6 Å². The van der Waals surface area contributed by atoms with Crippen LogP contribution in [0.3, 0.4) is 0 Å². The van der Waals surface area contributed by atoms with Gasteiger partial charge in [-0.3, -0.25) is 9.78 Å². The van der Waals surface area contributed by atoms with Gasteiger partial charge in [0.1, 0.15) is 5.69 Å². The van der Waals surface area contributed by atoms with Gasteiger partial charge >= 0.3 is 0 Å². The molecule has 2 heterocycles. The fourth-order valence-electron chi connectivity index (χ4n) is 2.82. The molecule has 0 spiro atoms. The molecule has 1 amide bonds. The lowest BCUT2D eigenvalue weighted by molar-refractivity contribution is -0.118. The van der Waals surface area contributed by atoms with Gasteiger partial charge in [0.2, 0.25) is 5.91 Å². The minimum atomic E-state index is 0.108. The Labute approximate surface area is 151 Å². The van der Waals surface area contributed by atoms with Gasteiger partial charge in [0.05, 0.1) is 18.1 Å². The number of carbonyl (C=O) groups excluding carboxylic acids is 1. The molecule has 1 unspecified atom stereocenters. The Hall–Kier alpha value is -1.53. The summed E-state index contributed by atoms with van der Waals surface area (Å²) in [4.78, 5) is 18.6. The highest BCUT2D eigenvalue weighted by Gasteiger charge is 2.33. The maximum absolute atomic E-state index is 12.8. The van der Waals surface area contributed by atoms with E-state index in [2.05, 4.69) is 16.3 Å². The van der Waals surface area contributed by atoms with E-state index in [9.17, 15) is 4.79 Å². The third-order valence-corrected chi connectivity index (χ3v) is 5.72. The lowest BCUT2D eigenvalue weighted by Gasteiger charge is -2.22. The standard InChI is InChI=1S/C17H21ClN4OS/c1-3-21(16(23)9-15(24-2)12-6-7-12)14-11-22(20-17(14)18)13-5-4-8-19-10-13/h4-5,8,10-12,15H,3,6-7,9H2,1-2H3. The van der Waals surface area contributed by atoms with Crippen LogP contribution in [-0.2, 0) is 4.79 Å². The molecular weight excluding hydrogens is 344 g/mol. The summed E-state index contributed by atoms with van der Waals surface area (Å²) in [6.07, 6.45) is 10.3. The quantitative estimate of drug-likeness (QED) is 0.749. The van der Waals surface area contributed by atoms with Crippen molar-refractivity contribution in [2.45, 2.75) is 31.4 Å². The van der Waals surface area contributed by atoms with E-state index in [0.717, 1.165) is 5.69 Å². The molecule has 5 nitrogen and oxygen atoms in total. The molecule has 0 aromatic carbocycles. The number of hydrogen-bond donors (Lipinski definition) is 0. The molecule has 2 aromatic rings. The minimum absolute atomic E-state index is 0.108. The first-order chi connectivity index (χ1) is 11.6. The van der Waals surface area contributed by atoms with Gasteiger partial charge < -0.3 is 4.90 Å². The topological polar surface area (TPSA) is 51.0 Å². The molecule has 1 aliphatic carbocycles. The Morgan fingerprint density at radius 2 is 2.33 bits per heavy atom. The van der Waals surface area contributed by atoms with Crippen LogP contribution in [0.1, 0.15) is 26.2 Å². The van der Waals surface area contributed by atoms with Crippen LogP contribution in [0.2, 0.25) is 5.15 Å². The molecule has 1 fully saturated rings. The van der Waals surface area contributed by atoms with E-state index >= 15 is 0 Å². The van der Waals surface area contributed by atoms with Crippen molar-refractivity contribution in [3.63, 3.8) is 0 Å². The van der Waals surface area contributed by atoms with E-state index in [1.54, 1.807) is 39.9 Å². The first-order valence-corrected chi connectivity index (χ1v) is 9.79. The van der Waals surface area contributed by atoms with Gasteiger partial charge in [-0.25, -0.2) is 4.68 Å². The van der Waals surface area contributed by atoms with Crippen LogP contribution in [0.15, 0.2) is 30.7 Å². The van der Waals surface area contributed by atoms with E-state index in [4.69, 9.17) is 11.6 Å². The molecule has 3 rings (SSSR count). The minimum Gasteiger partial charge on any atom is -0.308 e. The maximum atomic E-state index is 12.8. The molecule has 24 heavy (non-hydrogen) atoms. The highest BCUT2D eigenvalue weighted by Crippen LogP contribution is 2.40. The van der Waals surface area contributed by atoms with Crippen molar-refractivity contribution in [3.8, 4) is 5.69 Å². The Balaban J connectivity index is 1.80. The first kappa shape index (κ1) is 17.3. The second-order valence-electron chi connectivity index (χ2n) is 5.91. The van der Waals surface area contributed by atoms with Crippen LogP contribution in [0.25, 0.3) is 5.69 Å². The van der Waals surface area contributed by atoms with Crippen LogP contribution in [-0.4, -0.2) is 38.7 Å². The van der Waals surface area contributed by atoms with E-state index < -0.39 is 0 Å². The number of rotatable bonds is 7. The van der Waals surface area contributed by atoms with E-state index in [1.807, 2.05) is 19.1 Å². The van der Waals surface area contributed by atoms with Crippen molar-refractivity contribution >= 4 is 35.0 Å². The summed E-state index contributed by atoms with van der Waals surface area (Å²) in [6, 6.07) is 3.74. The van der Waals surface area contributed by atoms with Crippen molar-refractivity contribution in [2.24, 2.45) is 5.92 Å². The molecule has 0 bridgehead atoms. The summed E-state index contributed by atoms with van der Waals surface area (Å²) < 4.78 is 1.66. The molecule has 128 valence electrons. The third kappa shape index (κ3) is 3.75. The largest absolute Gasteiger partial charge is 0.308 e. The van der Waals surface area contributed by atoms with Crippen LogP contribution >= 0.6 is 23.4 Å². The molecule has 7 heteroatoms. The second-order valence-corrected chi connectivity index (χ2v) is 7.35.